The molecule has 1 aliphatic rings. The predicted octanol–water partition coefficient (Wildman–Crippen LogP) is 7.04. The summed E-state index contributed by atoms with van der Waals surface area (Å²) in [5.74, 6) is 0. The second-order valence-corrected chi connectivity index (χ2v) is 14.0. The van der Waals surface area contributed by atoms with Crippen molar-refractivity contribution >= 4 is 83.2 Å². The fourth-order valence-corrected chi connectivity index (χ4v) is 12.4. The van der Waals surface area contributed by atoms with Gasteiger partial charge in [0.2, 0.25) is 0 Å². The molecular weight excluding hydrogens is 517 g/mol. The van der Waals surface area contributed by atoms with Crippen LogP contribution >= 0.6 is 61.5 Å². The molecule has 2 aromatic rings. The number of halogens is 2. The van der Waals surface area contributed by atoms with Gasteiger partial charge in [-0.15, -0.1) is 0 Å². The fourth-order valence-electron chi connectivity index (χ4n) is 4.18. The smallest absolute Gasteiger partial charge is 0.180 e. The van der Waals surface area contributed by atoms with E-state index >= 15 is 0 Å². The van der Waals surface area contributed by atoms with Gasteiger partial charge in [0.05, 0.1) is 36.3 Å². The molecule has 0 saturated carbocycles. The van der Waals surface area contributed by atoms with Crippen LogP contribution < -0.4 is 21.7 Å². The van der Waals surface area contributed by atoms with E-state index in [2.05, 4.69) is 46.0 Å². The van der Waals surface area contributed by atoms with Crippen LogP contribution in [0.3, 0.4) is 0 Å². The molecule has 0 spiro atoms. The second-order valence-electron chi connectivity index (χ2n) is 8.44. The van der Waals surface area contributed by atoms with Gasteiger partial charge in [-0.3, -0.25) is 0 Å². The van der Waals surface area contributed by atoms with Crippen LogP contribution in [0.1, 0.15) is 79.1 Å². The fraction of sp³-hybridized carbons (Fsp3) is 0.727. The Morgan fingerprint density at radius 2 is 0.750 bits per heavy atom. The lowest BCUT2D eigenvalue weighted by Crippen LogP contribution is -2.44. The highest BCUT2D eigenvalue weighted by Gasteiger charge is 2.41. The average molecular weight is 554 g/mol. The van der Waals surface area contributed by atoms with Gasteiger partial charge in [-0.1, -0.05) is 75.9 Å². The van der Waals surface area contributed by atoms with Gasteiger partial charge in [-0.2, -0.15) is 0 Å². The maximum atomic E-state index is 7.41. The normalized spacial score (nSPS) is 17.6. The Bertz CT molecular complexity index is 885. The lowest BCUT2D eigenvalue weighted by atomic mass is 10.3. The molecule has 0 bridgehead atoms. The first-order chi connectivity index (χ1) is 15.4. The number of unbranched alkanes of at least 4 members (excludes halogenated alkanes) is 4. The van der Waals surface area contributed by atoms with Crippen LogP contribution in [0.15, 0.2) is 0 Å². The third-order valence-corrected chi connectivity index (χ3v) is 12.5. The van der Waals surface area contributed by atoms with Crippen LogP contribution in [0.25, 0.3) is 0 Å². The Hall–Kier alpha value is 0.300. The lowest BCUT2D eigenvalue weighted by molar-refractivity contribution is 0.586. The molecule has 0 saturated heterocycles. The van der Waals surface area contributed by atoms with E-state index in [0.29, 0.717) is 0 Å². The first-order valence-corrected chi connectivity index (χ1v) is 17.3. The van der Waals surface area contributed by atoms with E-state index in [1.807, 2.05) is 0 Å². The number of hydrogen-bond acceptors (Lipinski definition) is 2. The second kappa shape index (κ2) is 12.3. The Morgan fingerprint density at radius 1 is 0.531 bits per heavy atom. The number of fused-ring (bicyclic) bond motifs is 2. The molecule has 3 rings (SSSR count). The molecule has 0 aromatic carbocycles. The first-order valence-electron chi connectivity index (χ1n) is 12.0. The van der Waals surface area contributed by atoms with Gasteiger partial charge in [-0.25, -0.2) is 0 Å². The SMILES string of the molecule is CCCCn1c2c(n(CCCC)c1=S)P(Cl)c1c(n(CCCC)c(=S)n1CCCC)P2Cl. The third kappa shape index (κ3) is 4.98. The molecule has 0 fully saturated rings. The van der Waals surface area contributed by atoms with Gasteiger partial charge in [0, 0.05) is 26.2 Å². The molecule has 1 aliphatic heterocycles. The quantitative estimate of drug-likeness (QED) is 0.208. The highest BCUT2D eigenvalue weighted by Crippen LogP contribution is 2.51. The van der Waals surface area contributed by atoms with Crippen molar-refractivity contribution in [1.29, 1.82) is 0 Å². The largest absolute Gasteiger partial charge is 0.315 e. The standard InChI is InChI=1S/C22H36Cl2N4P2S2/c1-5-9-13-25-17-18(26(21(25)31)14-10-6-2)30(24)20-19(29(17)23)27(15-11-7-3)22(32)28(20)16-12-8-4/h5-16H2,1-4H3. The number of rotatable bonds is 12. The van der Waals surface area contributed by atoms with E-state index in [-0.39, 0.29) is 0 Å². The van der Waals surface area contributed by atoms with E-state index in [9.17, 15) is 0 Å². The zero-order valence-corrected chi connectivity index (χ0v) is 24.7. The van der Waals surface area contributed by atoms with E-state index in [4.69, 9.17) is 46.9 Å². The maximum absolute atomic E-state index is 7.41. The van der Waals surface area contributed by atoms with Crippen molar-refractivity contribution in [2.75, 3.05) is 0 Å². The summed E-state index contributed by atoms with van der Waals surface area (Å²) in [6.45, 7) is 12.5. The topological polar surface area (TPSA) is 19.7 Å². The summed E-state index contributed by atoms with van der Waals surface area (Å²) in [5, 5.41) is 0. The van der Waals surface area contributed by atoms with E-state index in [1.165, 1.54) is 21.7 Å². The molecule has 180 valence electrons. The van der Waals surface area contributed by atoms with Crippen molar-refractivity contribution in [1.82, 2.24) is 18.3 Å². The zero-order chi connectivity index (χ0) is 23.4. The Balaban J connectivity index is 2.26. The monoisotopic (exact) mass is 552 g/mol. The van der Waals surface area contributed by atoms with Gasteiger partial charge in [0.15, 0.2) is 9.54 Å². The summed E-state index contributed by atoms with van der Waals surface area (Å²) >= 11 is 26.8. The number of nitrogens with zero attached hydrogens (tertiary/aromatic N) is 4. The molecular formula is C22H36Cl2N4P2S2. The summed E-state index contributed by atoms with van der Waals surface area (Å²) in [7, 11) is -2.18. The highest BCUT2D eigenvalue weighted by molar-refractivity contribution is 8.04. The highest BCUT2D eigenvalue weighted by atomic mass is 35.7. The maximum Gasteiger partial charge on any atom is 0.180 e. The van der Waals surface area contributed by atoms with Crippen molar-refractivity contribution in [3.8, 4) is 0 Å². The minimum atomic E-state index is -1.09. The number of hydrogen-bond donors (Lipinski definition) is 0. The molecule has 0 radical (unpaired) electrons. The Morgan fingerprint density at radius 3 is 0.938 bits per heavy atom. The summed E-state index contributed by atoms with van der Waals surface area (Å²) in [6.07, 6.45) is 8.85. The molecule has 0 atom stereocenters. The van der Waals surface area contributed by atoms with E-state index in [1.54, 1.807) is 0 Å². The van der Waals surface area contributed by atoms with Gasteiger partial charge >= 0.3 is 0 Å². The van der Waals surface area contributed by atoms with Crippen molar-refractivity contribution in [2.24, 2.45) is 0 Å². The molecule has 2 aromatic heterocycles. The number of aromatic nitrogens is 4. The van der Waals surface area contributed by atoms with Gasteiger partial charge in [-0.05, 0) is 50.1 Å². The van der Waals surface area contributed by atoms with Crippen LogP contribution in [0.2, 0.25) is 0 Å². The number of imidazole rings is 2. The molecule has 10 heteroatoms. The first kappa shape index (κ1) is 26.9. The minimum absolute atomic E-state index is 0.891. The molecule has 32 heavy (non-hydrogen) atoms. The zero-order valence-electron chi connectivity index (χ0n) is 19.7. The Kier molecular flexibility index (Phi) is 10.4. The minimum Gasteiger partial charge on any atom is -0.315 e. The predicted molar refractivity (Wildman–Crippen MR) is 150 cm³/mol. The van der Waals surface area contributed by atoms with E-state index < -0.39 is 14.5 Å². The third-order valence-electron chi connectivity index (χ3n) is 6.03. The summed E-state index contributed by atoms with van der Waals surface area (Å²) in [5.41, 5.74) is 4.71. The summed E-state index contributed by atoms with van der Waals surface area (Å²) in [4.78, 5) is 0. The van der Waals surface area contributed by atoms with E-state index in [0.717, 1.165) is 87.1 Å². The Labute approximate surface area is 215 Å². The van der Waals surface area contributed by atoms with Gasteiger partial charge < -0.3 is 18.3 Å². The molecule has 0 N–H and O–H groups in total. The van der Waals surface area contributed by atoms with Gasteiger partial charge in [0.1, 0.15) is 0 Å². The molecule has 0 aliphatic carbocycles. The van der Waals surface area contributed by atoms with Crippen molar-refractivity contribution < 1.29 is 0 Å². The molecule has 0 amide bonds. The molecule has 0 unspecified atom stereocenters. The van der Waals surface area contributed by atoms with Crippen LogP contribution in [0.4, 0.5) is 0 Å². The summed E-state index contributed by atoms with van der Waals surface area (Å²) in [6, 6.07) is 0. The van der Waals surface area contributed by atoms with Gasteiger partial charge in [0.25, 0.3) is 0 Å². The van der Waals surface area contributed by atoms with Crippen LogP contribution in [0, 0.1) is 9.54 Å². The van der Waals surface area contributed by atoms with Crippen LogP contribution in [-0.2, 0) is 26.2 Å². The van der Waals surface area contributed by atoms with Crippen molar-refractivity contribution in [3.05, 3.63) is 9.54 Å². The average Bonchev–Trinajstić information content (AvgIpc) is 3.23. The molecule has 4 nitrogen and oxygen atoms in total. The molecule has 3 heterocycles. The van der Waals surface area contributed by atoms with Crippen LogP contribution in [-0.4, -0.2) is 18.3 Å². The van der Waals surface area contributed by atoms with Crippen molar-refractivity contribution in [3.63, 3.8) is 0 Å². The van der Waals surface area contributed by atoms with Crippen molar-refractivity contribution in [2.45, 2.75) is 105 Å². The van der Waals surface area contributed by atoms with Crippen LogP contribution in [0.5, 0.6) is 0 Å². The lowest BCUT2D eigenvalue weighted by Gasteiger charge is -2.27. The summed E-state index contributed by atoms with van der Waals surface area (Å²) < 4.78 is 11.0.